The van der Waals surface area contributed by atoms with E-state index in [-0.39, 0.29) is 18.8 Å². The summed E-state index contributed by atoms with van der Waals surface area (Å²) in [6, 6.07) is 12.6. The molecule has 0 aliphatic carbocycles. The molecule has 2 aromatic carbocycles. The van der Waals surface area contributed by atoms with Crippen molar-refractivity contribution in [1.82, 2.24) is 0 Å². The van der Waals surface area contributed by atoms with Gasteiger partial charge in [0.05, 0.1) is 13.2 Å². The molecule has 29 heavy (non-hydrogen) atoms. The molecule has 0 spiro atoms. The van der Waals surface area contributed by atoms with E-state index in [4.69, 9.17) is 13.5 Å². The molecule has 6 nitrogen and oxygen atoms in total. The Morgan fingerprint density at radius 3 is 2.45 bits per heavy atom. The molecule has 0 radical (unpaired) electrons. The van der Waals surface area contributed by atoms with Crippen molar-refractivity contribution in [2.24, 2.45) is 0 Å². The zero-order chi connectivity index (χ0) is 21.0. The molecular weight excluding hydrogens is 396 g/mol. The van der Waals surface area contributed by atoms with Crippen LogP contribution in [0.15, 0.2) is 57.7 Å². The predicted octanol–water partition coefficient (Wildman–Crippen LogP) is 5.62. The van der Waals surface area contributed by atoms with Gasteiger partial charge in [-0.3, -0.25) is 4.57 Å². The van der Waals surface area contributed by atoms with E-state index < -0.39 is 24.8 Å². The third kappa shape index (κ3) is 4.58. The lowest BCUT2D eigenvalue weighted by atomic mass is 10.1. The van der Waals surface area contributed by atoms with E-state index in [1.165, 1.54) is 18.2 Å². The van der Waals surface area contributed by atoms with E-state index in [0.717, 1.165) is 10.9 Å². The molecule has 154 valence electrons. The van der Waals surface area contributed by atoms with Gasteiger partial charge in [-0.2, -0.15) is 0 Å². The van der Waals surface area contributed by atoms with Gasteiger partial charge < -0.3 is 18.8 Å². The molecule has 0 saturated heterocycles. The van der Waals surface area contributed by atoms with Gasteiger partial charge in [-0.1, -0.05) is 18.2 Å². The molecule has 0 bridgehead atoms. The summed E-state index contributed by atoms with van der Waals surface area (Å²) in [6.45, 7) is 5.47. The Balaban J connectivity index is 2.10. The quantitative estimate of drug-likeness (QED) is 0.377. The molecule has 0 fully saturated rings. The van der Waals surface area contributed by atoms with Gasteiger partial charge in [-0.25, -0.2) is 9.18 Å². The first-order valence-corrected chi connectivity index (χ1v) is 10.9. The summed E-state index contributed by atoms with van der Waals surface area (Å²) in [5.41, 5.74) is 1.33. The van der Waals surface area contributed by atoms with Gasteiger partial charge in [-0.15, -0.1) is 0 Å². The van der Waals surface area contributed by atoms with Crippen molar-refractivity contribution in [2.45, 2.75) is 26.6 Å². The minimum absolute atomic E-state index is 0.135. The standard InChI is InChI=1S/C21H23FNO5P/c1-4-26-29(25,27-5-2)21(17-8-6-7-9-18(17)22)23-15-10-11-16-14(3)12-20(24)28-19(16)13-15/h6-13,21,23H,4-5H2,1-3H3. The third-order valence-corrected chi connectivity index (χ3v) is 6.66. The highest BCUT2D eigenvalue weighted by Crippen LogP contribution is 2.61. The molecule has 1 heterocycles. The van der Waals surface area contributed by atoms with Crippen LogP contribution >= 0.6 is 7.60 Å². The third-order valence-electron chi connectivity index (χ3n) is 4.39. The number of hydrogen-bond acceptors (Lipinski definition) is 6. The minimum Gasteiger partial charge on any atom is -0.423 e. The Kier molecular flexibility index (Phi) is 6.52. The zero-order valence-corrected chi connectivity index (χ0v) is 17.4. The SMILES string of the molecule is CCOP(=O)(OCC)C(Nc1ccc2c(C)cc(=O)oc2c1)c1ccccc1F. The maximum Gasteiger partial charge on any atom is 0.357 e. The second-order valence-electron chi connectivity index (χ2n) is 6.40. The van der Waals surface area contributed by atoms with E-state index in [0.29, 0.717) is 11.3 Å². The fraction of sp³-hybridized carbons (Fsp3) is 0.286. The van der Waals surface area contributed by atoms with Crippen molar-refractivity contribution in [3.05, 3.63) is 75.9 Å². The largest absolute Gasteiger partial charge is 0.423 e. The monoisotopic (exact) mass is 419 g/mol. The lowest BCUT2D eigenvalue weighted by Crippen LogP contribution is -2.16. The molecule has 0 aliphatic heterocycles. The van der Waals surface area contributed by atoms with Gasteiger partial charge in [0, 0.05) is 28.8 Å². The van der Waals surface area contributed by atoms with E-state index >= 15 is 0 Å². The fourth-order valence-corrected chi connectivity index (χ4v) is 5.09. The lowest BCUT2D eigenvalue weighted by Gasteiger charge is -2.28. The van der Waals surface area contributed by atoms with E-state index in [2.05, 4.69) is 5.32 Å². The maximum absolute atomic E-state index is 14.6. The molecule has 8 heteroatoms. The summed E-state index contributed by atoms with van der Waals surface area (Å²) >= 11 is 0. The summed E-state index contributed by atoms with van der Waals surface area (Å²) in [4.78, 5) is 11.7. The van der Waals surface area contributed by atoms with Gasteiger partial charge in [0.2, 0.25) is 0 Å². The molecule has 0 amide bonds. The Morgan fingerprint density at radius 1 is 1.10 bits per heavy atom. The molecule has 3 aromatic rings. The molecule has 1 atom stereocenters. The number of rotatable bonds is 8. The number of anilines is 1. The molecule has 0 saturated carbocycles. The molecule has 0 aliphatic rings. The number of nitrogens with one attached hydrogen (secondary N) is 1. The minimum atomic E-state index is -3.77. The van der Waals surface area contributed by atoms with Crippen LogP contribution in [0.2, 0.25) is 0 Å². The smallest absolute Gasteiger partial charge is 0.357 e. The fourth-order valence-electron chi connectivity index (χ4n) is 3.14. The summed E-state index contributed by atoms with van der Waals surface area (Å²) < 4.78 is 44.3. The highest BCUT2D eigenvalue weighted by Gasteiger charge is 2.38. The van der Waals surface area contributed by atoms with E-state index in [1.807, 2.05) is 6.92 Å². The van der Waals surface area contributed by atoms with Gasteiger partial charge >= 0.3 is 13.2 Å². The van der Waals surface area contributed by atoms with Crippen molar-refractivity contribution in [3.8, 4) is 0 Å². The zero-order valence-electron chi connectivity index (χ0n) is 16.5. The number of benzene rings is 2. The Hall–Kier alpha value is -2.47. The van der Waals surface area contributed by atoms with Crippen molar-refractivity contribution in [1.29, 1.82) is 0 Å². The van der Waals surface area contributed by atoms with Gasteiger partial charge in [0.25, 0.3) is 0 Å². The average molecular weight is 419 g/mol. The molecule has 1 unspecified atom stereocenters. The number of hydrogen-bond donors (Lipinski definition) is 1. The normalized spacial score (nSPS) is 12.8. The molecule has 1 N–H and O–H groups in total. The van der Waals surface area contributed by atoms with Crippen LogP contribution in [0.4, 0.5) is 10.1 Å². The van der Waals surface area contributed by atoms with E-state index in [1.54, 1.807) is 44.2 Å². The first-order chi connectivity index (χ1) is 13.9. The second-order valence-corrected chi connectivity index (χ2v) is 8.52. The summed E-state index contributed by atoms with van der Waals surface area (Å²) in [5.74, 6) is -1.62. The lowest BCUT2D eigenvalue weighted by molar-refractivity contribution is 0.213. The van der Waals surface area contributed by atoms with Gasteiger partial charge in [0.1, 0.15) is 11.4 Å². The van der Waals surface area contributed by atoms with Crippen LogP contribution in [0, 0.1) is 12.7 Å². The van der Waals surface area contributed by atoms with Crippen LogP contribution in [-0.4, -0.2) is 13.2 Å². The van der Waals surface area contributed by atoms with Crippen molar-refractivity contribution >= 4 is 24.3 Å². The van der Waals surface area contributed by atoms with Crippen LogP contribution in [0.25, 0.3) is 11.0 Å². The molecule has 1 aromatic heterocycles. The summed E-state index contributed by atoms with van der Waals surface area (Å²) in [5, 5.41) is 3.84. The van der Waals surface area contributed by atoms with Crippen LogP contribution < -0.4 is 10.9 Å². The topological polar surface area (TPSA) is 77.8 Å². The van der Waals surface area contributed by atoms with Crippen molar-refractivity contribution < 1.29 is 22.4 Å². The van der Waals surface area contributed by atoms with E-state index in [9.17, 15) is 13.8 Å². The summed E-state index contributed by atoms with van der Waals surface area (Å²) in [6.07, 6.45) is 0. The molecular formula is C21H23FNO5P. The highest BCUT2D eigenvalue weighted by molar-refractivity contribution is 7.54. The van der Waals surface area contributed by atoms with Crippen molar-refractivity contribution in [3.63, 3.8) is 0 Å². The first-order valence-electron chi connectivity index (χ1n) is 9.32. The van der Waals surface area contributed by atoms with Gasteiger partial charge in [-0.05, 0) is 44.5 Å². The summed E-state index contributed by atoms with van der Waals surface area (Å²) in [7, 11) is -3.77. The van der Waals surface area contributed by atoms with Crippen LogP contribution in [0.5, 0.6) is 0 Å². The highest BCUT2D eigenvalue weighted by atomic mass is 31.2. The number of aryl methyl sites for hydroxylation is 1. The second kappa shape index (κ2) is 8.91. The van der Waals surface area contributed by atoms with Gasteiger partial charge in [0.15, 0.2) is 5.78 Å². The predicted molar refractivity (Wildman–Crippen MR) is 111 cm³/mol. The number of fused-ring (bicyclic) bond motifs is 1. The molecule has 3 rings (SSSR count). The van der Waals surface area contributed by atoms with Crippen LogP contribution in [0.3, 0.4) is 0 Å². The van der Waals surface area contributed by atoms with Crippen molar-refractivity contribution in [2.75, 3.05) is 18.5 Å². The Labute approximate surface area is 168 Å². The maximum atomic E-state index is 14.6. The first kappa shape index (κ1) is 21.2. The Bertz CT molecular complexity index is 1100. The average Bonchev–Trinajstić information content (AvgIpc) is 2.66. The Morgan fingerprint density at radius 2 is 1.79 bits per heavy atom. The van der Waals surface area contributed by atoms with Crippen LogP contribution in [0.1, 0.15) is 30.8 Å². The van der Waals surface area contributed by atoms with Crippen LogP contribution in [-0.2, 0) is 13.6 Å². The number of halogens is 1.